The van der Waals surface area contributed by atoms with E-state index in [1.807, 2.05) is 6.92 Å². The number of aliphatic hydroxyl groups excluding tert-OH is 1. The summed E-state index contributed by atoms with van der Waals surface area (Å²) in [6, 6.07) is 7.87. The van der Waals surface area contributed by atoms with Gasteiger partial charge in [0.25, 0.3) is 5.91 Å². The van der Waals surface area contributed by atoms with Crippen LogP contribution in [0.2, 0.25) is 0 Å². The van der Waals surface area contributed by atoms with Gasteiger partial charge in [-0.1, -0.05) is 6.07 Å². The molecule has 1 aromatic carbocycles. The minimum absolute atomic E-state index is 0.0169. The molecule has 3 aromatic rings. The van der Waals surface area contributed by atoms with E-state index in [0.29, 0.717) is 18.1 Å². The number of rotatable bonds is 5. The number of aromatic nitrogens is 4. The second kappa shape index (κ2) is 8.06. The number of hydrogen-bond acceptors (Lipinski definition) is 6. The third-order valence-electron chi connectivity index (χ3n) is 4.95. The van der Waals surface area contributed by atoms with Crippen molar-refractivity contribution in [2.75, 3.05) is 18.5 Å². The Morgan fingerprint density at radius 1 is 1.38 bits per heavy atom. The molecule has 0 fully saturated rings. The molecule has 3 N–H and O–H groups in total. The molecule has 1 amide bonds. The Morgan fingerprint density at radius 3 is 3.07 bits per heavy atom. The summed E-state index contributed by atoms with van der Waals surface area (Å²) in [4.78, 5) is 17.1. The van der Waals surface area contributed by atoms with Crippen LogP contribution in [0.4, 0.5) is 10.2 Å². The Morgan fingerprint density at radius 2 is 2.24 bits per heavy atom. The van der Waals surface area contributed by atoms with E-state index in [4.69, 9.17) is 0 Å². The Balaban J connectivity index is 1.59. The van der Waals surface area contributed by atoms with Crippen LogP contribution < -0.4 is 10.6 Å². The predicted molar refractivity (Wildman–Crippen MR) is 105 cm³/mol. The Labute approximate surface area is 166 Å². The summed E-state index contributed by atoms with van der Waals surface area (Å²) < 4.78 is 16.2. The predicted octanol–water partition coefficient (Wildman–Crippen LogP) is 1.93. The van der Waals surface area contributed by atoms with Crippen LogP contribution >= 0.6 is 0 Å². The Kier molecular flexibility index (Phi) is 5.32. The van der Waals surface area contributed by atoms with Crippen LogP contribution in [0.1, 0.15) is 34.5 Å². The highest BCUT2D eigenvalue weighted by Gasteiger charge is 2.19. The van der Waals surface area contributed by atoms with Crippen LogP contribution in [0.3, 0.4) is 0 Å². The molecule has 1 aliphatic heterocycles. The lowest BCUT2D eigenvalue weighted by atomic mass is 9.98. The number of benzene rings is 1. The molecule has 0 saturated heterocycles. The molecule has 29 heavy (non-hydrogen) atoms. The first-order chi connectivity index (χ1) is 14.1. The number of amides is 1. The average molecular weight is 396 g/mol. The van der Waals surface area contributed by atoms with Gasteiger partial charge in [0.2, 0.25) is 0 Å². The van der Waals surface area contributed by atoms with Gasteiger partial charge in [0.05, 0.1) is 18.2 Å². The number of anilines is 1. The number of aliphatic hydroxyl groups is 1. The number of nitrogens with zero attached hydrogens (tertiary/aromatic N) is 4. The van der Waals surface area contributed by atoms with Crippen LogP contribution in [-0.4, -0.2) is 43.9 Å². The van der Waals surface area contributed by atoms with E-state index in [1.54, 1.807) is 28.8 Å². The molecule has 0 radical (unpaired) electrons. The minimum atomic E-state index is -0.564. The molecule has 0 bridgehead atoms. The number of pyridine rings is 1. The lowest BCUT2D eigenvalue weighted by Crippen LogP contribution is -2.25. The molecule has 2 aromatic heterocycles. The molecule has 0 saturated carbocycles. The van der Waals surface area contributed by atoms with E-state index in [-0.39, 0.29) is 24.0 Å². The third-order valence-corrected chi connectivity index (χ3v) is 4.95. The molecule has 0 spiro atoms. The lowest BCUT2D eigenvalue weighted by molar-refractivity contribution is 0.102. The zero-order valence-electron chi connectivity index (χ0n) is 15.9. The van der Waals surface area contributed by atoms with Crippen molar-refractivity contribution >= 4 is 11.7 Å². The standard InChI is InChI=1S/C20H21FN6O2/c1-12(10-28)27-11-23-26-19(27)17-3-2-4-18(24-17)25-20(29)15-7-14-9-22-6-5-13(14)8-16(15)21/h2-4,7-8,11-12,22,28H,5-6,9-10H2,1H3,(H,24,25,29). The van der Waals surface area contributed by atoms with E-state index in [0.717, 1.165) is 24.1 Å². The largest absolute Gasteiger partial charge is 0.394 e. The Bertz CT molecular complexity index is 1050. The van der Waals surface area contributed by atoms with Crippen molar-refractivity contribution in [2.45, 2.75) is 25.9 Å². The van der Waals surface area contributed by atoms with E-state index in [2.05, 4.69) is 25.8 Å². The zero-order valence-corrected chi connectivity index (χ0v) is 15.9. The van der Waals surface area contributed by atoms with E-state index in [9.17, 15) is 14.3 Å². The van der Waals surface area contributed by atoms with Crippen LogP contribution in [-0.2, 0) is 13.0 Å². The number of hydrogen-bond donors (Lipinski definition) is 3. The van der Waals surface area contributed by atoms with Gasteiger partial charge >= 0.3 is 0 Å². The molecular weight excluding hydrogens is 375 g/mol. The average Bonchev–Trinajstić information content (AvgIpc) is 3.23. The van der Waals surface area contributed by atoms with Crippen molar-refractivity contribution in [2.24, 2.45) is 0 Å². The number of nitrogens with one attached hydrogen (secondary N) is 2. The van der Waals surface area contributed by atoms with Gasteiger partial charge in [0.1, 0.15) is 23.7 Å². The molecule has 1 atom stereocenters. The molecule has 1 unspecified atom stereocenters. The molecule has 4 rings (SSSR count). The highest BCUT2D eigenvalue weighted by Crippen LogP contribution is 2.22. The van der Waals surface area contributed by atoms with Gasteiger partial charge in [-0.25, -0.2) is 9.37 Å². The smallest absolute Gasteiger partial charge is 0.259 e. The fourth-order valence-electron chi connectivity index (χ4n) is 3.33. The van der Waals surface area contributed by atoms with Crippen molar-refractivity contribution in [1.82, 2.24) is 25.1 Å². The van der Waals surface area contributed by atoms with Gasteiger partial charge in [-0.3, -0.25) is 4.79 Å². The maximum absolute atomic E-state index is 14.5. The topological polar surface area (TPSA) is 105 Å². The van der Waals surface area contributed by atoms with Gasteiger partial charge in [0.15, 0.2) is 5.82 Å². The highest BCUT2D eigenvalue weighted by atomic mass is 19.1. The van der Waals surface area contributed by atoms with Gasteiger partial charge in [0, 0.05) is 6.54 Å². The SMILES string of the molecule is CC(CO)n1cnnc1-c1cccc(NC(=O)c2cc3c(cc2F)CCNC3)n1. The van der Waals surface area contributed by atoms with Crippen LogP contribution in [0, 0.1) is 5.82 Å². The van der Waals surface area contributed by atoms with Crippen molar-refractivity contribution in [1.29, 1.82) is 0 Å². The van der Waals surface area contributed by atoms with Crippen molar-refractivity contribution in [3.05, 3.63) is 59.2 Å². The summed E-state index contributed by atoms with van der Waals surface area (Å²) in [6.45, 7) is 3.16. The molecule has 8 nitrogen and oxygen atoms in total. The van der Waals surface area contributed by atoms with E-state index in [1.165, 1.54) is 12.4 Å². The van der Waals surface area contributed by atoms with Crippen molar-refractivity contribution in [3.8, 4) is 11.5 Å². The molecule has 3 heterocycles. The first kappa shape index (κ1) is 19.2. The quantitative estimate of drug-likeness (QED) is 0.609. The first-order valence-corrected chi connectivity index (χ1v) is 9.38. The van der Waals surface area contributed by atoms with Gasteiger partial charge in [-0.15, -0.1) is 10.2 Å². The van der Waals surface area contributed by atoms with Gasteiger partial charge < -0.3 is 20.3 Å². The van der Waals surface area contributed by atoms with Crippen LogP contribution in [0.5, 0.6) is 0 Å². The van der Waals surface area contributed by atoms with Crippen molar-refractivity contribution in [3.63, 3.8) is 0 Å². The molecule has 1 aliphatic rings. The van der Waals surface area contributed by atoms with Crippen LogP contribution in [0.15, 0.2) is 36.7 Å². The number of carbonyl (C=O) groups is 1. The number of fused-ring (bicyclic) bond motifs is 1. The maximum atomic E-state index is 14.5. The summed E-state index contributed by atoms with van der Waals surface area (Å²) in [5, 5.41) is 23.2. The number of halogens is 1. The molecule has 9 heteroatoms. The van der Waals surface area contributed by atoms with E-state index >= 15 is 0 Å². The fourth-order valence-corrected chi connectivity index (χ4v) is 3.33. The second-order valence-corrected chi connectivity index (χ2v) is 6.98. The Hall–Kier alpha value is -3.17. The number of carbonyl (C=O) groups excluding carboxylic acids is 1. The minimum Gasteiger partial charge on any atom is -0.394 e. The summed E-state index contributed by atoms with van der Waals surface area (Å²) in [5.74, 6) is -0.371. The highest BCUT2D eigenvalue weighted by molar-refractivity contribution is 6.04. The normalized spacial score (nSPS) is 14.3. The molecular formula is C20H21FN6O2. The molecule has 150 valence electrons. The third kappa shape index (κ3) is 3.87. The van der Waals surface area contributed by atoms with Gasteiger partial charge in [-0.05, 0) is 55.3 Å². The second-order valence-electron chi connectivity index (χ2n) is 6.98. The maximum Gasteiger partial charge on any atom is 0.259 e. The van der Waals surface area contributed by atoms with Crippen molar-refractivity contribution < 1.29 is 14.3 Å². The zero-order chi connectivity index (χ0) is 20.4. The lowest BCUT2D eigenvalue weighted by Gasteiger charge is -2.18. The van der Waals surface area contributed by atoms with Gasteiger partial charge in [-0.2, -0.15) is 0 Å². The molecule has 0 aliphatic carbocycles. The summed E-state index contributed by atoms with van der Waals surface area (Å²) in [5.41, 5.74) is 2.32. The monoisotopic (exact) mass is 396 g/mol. The fraction of sp³-hybridized carbons (Fsp3) is 0.300. The first-order valence-electron chi connectivity index (χ1n) is 9.38. The van der Waals surface area contributed by atoms with Crippen LogP contribution in [0.25, 0.3) is 11.5 Å². The summed E-state index contributed by atoms with van der Waals surface area (Å²) in [7, 11) is 0. The summed E-state index contributed by atoms with van der Waals surface area (Å²) >= 11 is 0. The summed E-state index contributed by atoms with van der Waals surface area (Å²) in [6.07, 6.45) is 2.25. The van der Waals surface area contributed by atoms with E-state index < -0.39 is 11.7 Å².